The van der Waals surface area contributed by atoms with Crippen molar-refractivity contribution in [1.82, 2.24) is 30.2 Å². The van der Waals surface area contributed by atoms with Crippen LogP contribution in [0, 0.1) is 12.8 Å². The SMILES string of the molecule is Cc1[nH]c(C(=O)N[C@@H]2CCN(c3nc(-c4cnc(N5CCN(CC6CCCO6)CC5)cn4)c(C(=O)O)s3)C[C@@H]2C)c(Cl)c1Cl. The number of hydrogen-bond acceptors (Lipinski definition) is 10. The Bertz CT molecular complexity index is 1500. The van der Waals surface area contributed by atoms with Gasteiger partial charge in [-0.3, -0.25) is 9.69 Å². The van der Waals surface area contributed by atoms with Crippen LogP contribution in [0.15, 0.2) is 12.4 Å². The number of anilines is 2. The van der Waals surface area contributed by atoms with Crippen molar-refractivity contribution in [3.05, 3.63) is 38.7 Å². The highest BCUT2D eigenvalue weighted by atomic mass is 35.5. The van der Waals surface area contributed by atoms with Gasteiger partial charge in [0.05, 0.1) is 28.5 Å². The maximum atomic E-state index is 12.9. The number of aromatic nitrogens is 4. The average Bonchev–Trinajstić information content (AvgIpc) is 3.76. The molecule has 3 N–H and O–H groups in total. The number of carbonyl (C=O) groups is 2. The summed E-state index contributed by atoms with van der Waals surface area (Å²) in [7, 11) is 0. The first-order valence-electron chi connectivity index (χ1n) is 14.9. The lowest BCUT2D eigenvalue weighted by Gasteiger charge is -2.37. The topological polar surface area (TPSA) is 140 Å². The first kappa shape index (κ1) is 31.0. The highest BCUT2D eigenvalue weighted by Gasteiger charge is 2.32. The molecule has 3 atom stereocenters. The zero-order valence-electron chi connectivity index (χ0n) is 24.7. The lowest BCUT2D eigenvalue weighted by Crippen LogP contribution is -2.50. The van der Waals surface area contributed by atoms with Gasteiger partial charge in [-0.25, -0.2) is 19.7 Å². The minimum Gasteiger partial charge on any atom is -0.477 e. The first-order chi connectivity index (χ1) is 21.2. The monoisotopic (exact) mass is 662 g/mol. The van der Waals surface area contributed by atoms with Crippen LogP contribution >= 0.6 is 34.5 Å². The molecule has 44 heavy (non-hydrogen) atoms. The fourth-order valence-corrected chi connectivity index (χ4v) is 7.47. The van der Waals surface area contributed by atoms with Crippen LogP contribution in [0.3, 0.4) is 0 Å². The lowest BCUT2D eigenvalue weighted by molar-refractivity contribution is 0.0701. The zero-order valence-corrected chi connectivity index (χ0v) is 27.0. The molecule has 3 aromatic rings. The Labute approximate surface area is 269 Å². The van der Waals surface area contributed by atoms with Crippen molar-refractivity contribution >= 4 is 57.4 Å². The third kappa shape index (κ3) is 6.52. The molecule has 6 heterocycles. The number of nitrogens with one attached hydrogen (secondary N) is 2. The molecule has 0 bridgehead atoms. The molecule has 0 aliphatic carbocycles. The normalized spacial score (nSPS) is 22.9. The number of hydrogen-bond donors (Lipinski definition) is 3. The number of carboxylic acid groups (broad SMARTS) is 1. The maximum absolute atomic E-state index is 12.9. The van der Waals surface area contributed by atoms with E-state index in [0.29, 0.717) is 52.9 Å². The van der Waals surface area contributed by atoms with Gasteiger partial charge >= 0.3 is 5.97 Å². The summed E-state index contributed by atoms with van der Waals surface area (Å²) in [5, 5.41) is 14.2. The van der Waals surface area contributed by atoms with Gasteiger partial charge in [-0.1, -0.05) is 41.5 Å². The summed E-state index contributed by atoms with van der Waals surface area (Å²) in [6.45, 7) is 10.4. The molecule has 3 aliphatic rings. The summed E-state index contributed by atoms with van der Waals surface area (Å²) in [5.41, 5.74) is 1.64. The van der Waals surface area contributed by atoms with Crippen molar-refractivity contribution in [2.24, 2.45) is 5.92 Å². The predicted molar refractivity (Wildman–Crippen MR) is 171 cm³/mol. The number of aryl methyl sites for hydroxylation is 1. The fraction of sp³-hybridized carbons (Fsp3) is 0.552. The molecule has 1 amide bonds. The van der Waals surface area contributed by atoms with Crippen molar-refractivity contribution in [2.75, 3.05) is 62.2 Å². The van der Waals surface area contributed by atoms with E-state index in [0.717, 1.165) is 69.3 Å². The third-order valence-electron chi connectivity index (χ3n) is 8.65. The van der Waals surface area contributed by atoms with E-state index in [4.69, 9.17) is 32.9 Å². The molecule has 6 rings (SSSR count). The number of piperidine rings is 1. The summed E-state index contributed by atoms with van der Waals surface area (Å²) in [4.78, 5) is 48.8. The van der Waals surface area contributed by atoms with E-state index in [1.165, 1.54) is 0 Å². The van der Waals surface area contributed by atoms with Gasteiger partial charge in [-0.2, -0.15) is 0 Å². The van der Waals surface area contributed by atoms with Gasteiger partial charge in [0.1, 0.15) is 27.8 Å². The van der Waals surface area contributed by atoms with E-state index in [1.54, 1.807) is 19.3 Å². The molecule has 3 fully saturated rings. The van der Waals surface area contributed by atoms with Gasteiger partial charge < -0.3 is 29.9 Å². The van der Waals surface area contributed by atoms with E-state index in [9.17, 15) is 14.7 Å². The molecule has 0 aromatic carbocycles. The average molecular weight is 664 g/mol. The van der Waals surface area contributed by atoms with E-state index < -0.39 is 5.97 Å². The molecular formula is C29H36Cl2N8O4S. The molecule has 15 heteroatoms. The molecule has 12 nitrogen and oxygen atoms in total. The second kappa shape index (κ2) is 13.2. The van der Waals surface area contributed by atoms with E-state index in [1.807, 2.05) is 6.92 Å². The molecule has 0 saturated carbocycles. The molecular weight excluding hydrogens is 627 g/mol. The Balaban J connectivity index is 1.09. The van der Waals surface area contributed by atoms with E-state index >= 15 is 0 Å². The summed E-state index contributed by atoms with van der Waals surface area (Å²) in [5.74, 6) is -0.510. The number of aromatic carboxylic acids is 1. The molecule has 3 aliphatic heterocycles. The molecule has 236 valence electrons. The first-order valence-corrected chi connectivity index (χ1v) is 16.5. The van der Waals surface area contributed by atoms with Gasteiger partial charge in [0.2, 0.25) is 0 Å². The van der Waals surface area contributed by atoms with Crippen molar-refractivity contribution < 1.29 is 19.4 Å². The predicted octanol–water partition coefficient (Wildman–Crippen LogP) is 4.19. The van der Waals surface area contributed by atoms with Crippen molar-refractivity contribution in [3.63, 3.8) is 0 Å². The largest absolute Gasteiger partial charge is 0.477 e. The smallest absolute Gasteiger partial charge is 0.348 e. The highest BCUT2D eigenvalue weighted by molar-refractivity contribution is 7.17. The number of carbonyl (C=O) groups excluding carboxylic acids is 1. The molecule has 0 radical (unpaired) electrons. The van der Waals surface area contributed by atoms with Crippen LogP contribution in [0.2, 0.25) is 10.0 Å². The van der Waals surface area contributed by atoms with Crippen LogP contribution in [-0.4, -0.2) is 106 Å². The van der Waals surface area contributed by atoms with Gasteiger partial charge in [-0.05, 0) is 32.1 Å². The Morgan fingerprint density at radius 3 is 2.52 bits per heavy atom. The molecule has 0 spiro atoms. The second-order valence-corrected chi connectivity index (χ2v) is 13.4. The van der Waals surface area contributed by atoms with Gasteiger partial charge in [-0.15, -0.1) is 0 Å². The van der Waals surface area contributed by atoms with Crippen LogP contribution < -0.4 is 15.1 Å². The number of rotatable bonds is 8. The van der Waals surface area contributed by atoms with E-state index in [-0.39, 0.29) is 33.5 Å². The number of carboxylic acids is 1. The summed E-state index contributed by atoms with van der Waals surface area (Å²) in [6, 6.07) is -0.0908. The Hall–Kier alpha value is -2.97. The van der Waals surface area contributed by atoms with Crippen LogP contribution in [0.5, 0.6) is 0 Å². The Morgan fingerprint density at radius 2 is 1.91 bits per heavy atom. The minimum absolute atomic E-state index is 0.0730. The van der Waals surface area contributed by atoms with Gasteiger partial charge in [0.25, 0.3) is 5.91 Å². The Kier molecular flexibility index (Phi) is 9.29. The lowest BCUT2D eigenvalue weighted by atomic mass is 9.94. The molecule has 3 saturated heterocycles. The third-order valence-corrected chi connectivity index (χ3v) is 10.7. The number of piperazine rings is 1. The number of H-pyrrole nitrogens is 1. The Morgan fingerprint density at radius 1 is 1.11 bits per heavy atom. The quantitative estimate of drug-likeness (QED) is 0.322. The number of nitrogens with zero attached hydrogens (tertiary/aromatic N) is 6. The van der Waals surface area contributed by atoms with Crippen LogP contribution in [-0.2, 0) is 4.74 Å². The van der Waals surface area contributed by atoms with Gasteiger partial charge in [0, 0.05) is 64.2 Å². The molecule has 1 unspecified atom stereocenters. The summed E-state index contributed by atoms with van der Waals surface area (Å²) >= 11 is 13.5. The van der Waals surface area contributed by atoms with Crippen LogP contribution in [0.4, 0.5) is 10.9 Å². The number of halogens is 2. The number of aromatic amines is 1. The van der Waals surface area contributed by atoms with Crippen molar-refractivity contribution in [2.45, 2.75) is 45.3 Å². The number of amides is 1. The molecule has 3 aromatic heterocycles. The standard InChI is InChI=1S/C29H36Cl2N8O4S/c1-16-14-39(6-5-19(16)35-27(40)25-23(31)22(30)17(2)34-25)29-36-24(26(44-29)28(41)42)20-12-33-21(13-32-20)38-9-7-37(8-10-38)15-18-4-3-11-43-18/h12-13,16,18-19,34H,3-11,14-15H2,1-2H3,(H,35,40)(H,41,42)/t16-,18?,19+/m0/s1. The van der Waals surface area contributed by atoms with Crippen molar-refractivity contribution in [1.29, 1.82) is 0 Å². The van der Waals surface area contributed by atoms with Crippen molar-refractivity contribution in [3.8, 4) is 11.4 Å². The minimum atomic E-state index is -1.05. The maximum Gasteiger partial charge on any atom is 0.348 e. The second-order valence-electron chi connectivity index (χ2n) is 11.7. The van der Waals surface area contributed by atoms with Gasteiger partial charge in [0.15, 0.2) is 5.13 Å². The van der Waals surface area contributed by atoms with E-state index in [2.05, 4.69) is 35.0 Å². The fourth-order valence-electron chi connectivity index (χ4n) is 6.11. The zero-order chi connectivity index (χ0) is 31.0. The highest BCUT2D eigenvalue weighted by Crippen LogP contribution is 2.35. The summed E-state index contributed by atoms with van der Waals surface area (Å²) in [6.07, 6.45) is 6.61. The summed E-state index contributed by atoms with van der Waals surface area (Å²) < 4.78 is 5.78. The number of thiazole rings is 1. The van der Waals surface area contributed by atoms with Crippen LogP contribution in [0.1, 0.15) is 52.0 Å². The van der Waals surface area contributed by atoms with Crippen LogP contribution in [0.25, 0.3) is 11.4 Å². The number of ether oxygens (including phenoxy) is 1.